The van der Waals surface area contributed by atoms with Gasteiger partial charge in [0.05, 0.1) is 5.39 Å². The van der Waals surface area contributed by atoms with Crippen LogP contribution in [0, 0.1) is 0 Å². The molecule has 2 rings (SSSR count). The molecule has 18 heavy (non-hydrogen) atoms. The van der Waals surface area contributed by atoms with E-state index in [9.17, 15) is 18.0 Å². The molecule has 96 valence electrons. The number of fused-ring (bicyclic) bond motifs is 1. The van der Waals surface area contributed by atoms with E-state index < -0.39 is 17.9 Å². The Morgan fingerprint density at radius 2 is 2.11 bits per heavy atom. The third-order valence-electron chi connectivity index (χ3n) is 2.43. The second-order valence-corrected chi connectivity index (χ2v) is 3.75. The first kappa shape index (κ1) is 12.4. The minimum atomic E-state index is -4.61. The SMILES string of the molecule is O=C(O)CCc1ccc2noc(C(F)(F)F)c2c1. The summed E-state index contributed by atoms with van der Waals surface area (Å²) in [5.74, 6) is -2.16. The van der Waals surface area contributed by atoms with E-state index in [4.69, 9.17) is 5.11 Å². The van der Waals surface area contributed by atoms with Gasteiger partial charge >= 0.3 is 12.1 Å². The van der Waals surface area contributed by atoms with Gasteiger partial charge in [0, 0.05) is 6.42 Å². The molecule has 7 heteroatoms. The third-order valence-corrected chi connectivity index (χ3v) is 2.43. The van der Waals surface area contributed by atoms with E-state index in [1.165, 1.54) is 18.2 Å². The van der Waals surface area contributed by atoms with Crippen LogP contribution in [0.3, 0.4) is 0 Å². The number of alkyl halides is 3. The molecule has 1 heterocycles. The van der Waals surface area contributed by atoms with Crippen molar-refractivity contribution in [1.29, 1.82) is 0 Å². The summed E-state index contributed by atoms with van der Waals surface area (Å²) >= 11 is 0. The quantitative estimate of drug-likeness (QED) is 0.920. The van der Waals surface area contributed by atoms with E-state index in [0.717, 1.165) is 0 Å². The lowest BCUT2D eigenvalue weighted by Crippen LogP contribution is -2.03. The number of halogens is 3. The summed E-state index contributed by atoms with van der Waals surface area (Å²) in [6.07, 6.45) is -4.59. The van der Waals surface area contributed by atoms with Crippen molar-refractivity contribution in [1.82, 2.24) is 5.16 Å². The number of hydrogen-bond acceptors (Lipinski definition) is 3. The number of carbonyl (C=O) groups is 1. The summed E-state index contributed by atoms with van der Waals surface area (Å²) in [7, 11) is 0. The fourth-order valence-corrected chi connectivity index (χ4v) is 1.60. The number of carboxylic acids is 1. The van der Waals surface area contributed by atoms with Crippen LogP contribution < -0.4 is 0 Å². The van der Waals surface area contributed by atoms with Crippen molar-refractivity contribution in [2.75, 3.05) is 0 Å². The van der Waals surface area contributed by atoms with Crippen molar-refractivity contribution in [3.63, 3.8) is 0 Å². The van der Waals surface area contributed by atoms with Gasteiger partial charge in [-0.15, -0.1) is 0 Å². The molecule has 1 aromatic carbocycles. The van der Waals surface area contributed by atoms with Crippen LogP contribution in [0.5, 0.6) is 0 Å². The summed E-state index contributed by atoms with van der Waals surface area (Å²) in [5.41, 5.74) is 0.597. The largest absolute Gasteiger partial charge is 0.481 e. The molecule has 0 saturated carbocycles. The van der Waals surface area contributed by atoms with E-state index in [1.54, 1.807) is 0 Å². The monoisotopic (exact) mass is 259 g/mol. The van der Waals surface area contributed by atoms with Crippen LogP contribution >= 0.6 is 0 Å². The van der Waals surface area contributed by atoms with Crippen molar-refractivity contribution in [2.45, 2.75) is 19.0 Å². The summed E-state index contributed by atoms with van der Waals surface area (Å²) in [6, 6.07) is 4.18. The highest BCUT2D eigenvalue weighted by atomic mass is 19.4. The molecule has 1 N–H and O–H groups in total. The molecule has 0 spiro atoms. The summed E-state index contributed by atoms with van der Waals surface area (Å²) in [6.45, 7) is 0. The highest BCUT2D eigenvalue weighted by Crippen LogP contribution is 2.35. The van der Waals surface area contributed by atoms with Gasteiger partial charge in [-0.25, -0.2) is 0 Å². The van der Waals surface area contributed by atoms with Gasteiger partial charge in [0.2, 0.25) is 5.76 Å². The Kier molecular flexibility index (Phi) is 2.98. The standard InChI is InChI=1S/C11H8F3NO3/c12-11(13,14)10-7-5-6(2-4-9(16)17)1-3-8(7)15-18-10/h1,3,5H,2,4H2,(H,16,17). The van der Waals surface area contributed by atoms with Gasteiger partial charge in [-0.2, -0.15) is 13.2 Å². The van der Waals surface area contributed by atoms with Crippen LogP contribution in [0.2, 0.25) is 0 Å². The average Bonchev–Trinajstić information content (AvgIpc) is 2.68. The normalized spacial score (nSPS) is 11.9. The molecule has 0 saturated heterocycles. The first-order valence-corrected chi connectivity index (χ1v) is 5.05. The van der Waals surface area contributed by atoms with E-state index in [-0.39, 0.29) is 23.7 Å². The molecule has 0 unspecified atom stereocenters. The zero-order valence-corrected chi connectivity index (χ0v) is 8.99. The molecule has 0 aliphatic heterocycles. The molecular weight excluding hydrogens is 251 g/mol. The second kappa shape index (κ2) is 4.32. The van der Waals surface area contributed by atoms with Crippen LogP contribution in [-0.2, 0) is 17.4 Å². The Hall–Kier alpha value is -2.05. The van der Waals surface area contributed by atoms with E-state index in [1.807, 2.05) is 0 Å². The molecular formula is C11H8F3NO3. The number of aromatic nitrogens is 1. The van der Waals surface area contributed by atoms with Crippen molar-refractivity contribution in [3.05, 3.63) is 29.5 Å². The summed E-state index contributed by atoms with van der Waals surface area (Å²) in [4.78, 5) is 10.4. The maximum atomic E-state index is 12.6. The number of hydrogen-bond donors (Lipinski definition) is 1. The fourth-order valence-electron chi connectivity index (χ4n) is 1.60. The first-order chi connectivity index (χ1) is 8.38. The van der Waals surface area contributed by atoms with Gasteiger partial charge in [-0.1, -0.05) is 11.2 Å². The van der Waals surface area contributed by atoms with Crippen molar-refractivity contribution >= 4 is 16.9 Å². The van der Waals surface area contributed by atoms with Crippen LogP contribution in [0.15, 0.2) is 22.7 Å². The molecule has 0 aliphatic carbocycles. The van der Waals surface area contributed by atoms with Crippen LogP contribution in [0.4, 0.5) is 13.2 Å². The lowest BCUT2D eigenvalue weighted by Gasteiger charge is -2.02. The molecule has 2 aromatic rings. The minimum Gasteiger partial charge on any atom is -0.481 e. The number of benzene rings is 1. The second-order valence-electron chi connectivity index (χ2n) is 3.75. The zero-order valence-electron chi connectivity index (χ0n) is 8.99. The van der Waals surface area contributed by atoms with Crippen LogP contribution in [0.25, 0.3) is 10.9 Å². The number of carboxylic acid groups (broad SMARTS) is 1. The fraction of sp³-hybridized carbons (Fsp3) is 0.273. The molecule has 4 nitrogen and oxygen atoms in total. The Morgan fingerprint density at radius 1 is 1.39 bits per heavy atom. The first-order valence-electron chi connectivity index (χ1n) is 5.05. The Balaban J connectivity index is 2.39. The van der Waals surface area contributed by atoms with Gasteiger partial charge in [-0.3, -0.25) is 4.79 Å². The predicted molar refractivity (Wildman–Crippen MR) is 55.0 cm³/mol. The smallest absolute Gasteiger partial charge is 0.453 e. The van der Waals surface area contributed by atoms with Gasteiger partial charge < -0.3 is 9.63 Å². The van der Waals surface area contributed by atoms with E-state index in [0.29, 0.717) is 5.56 Å². The lowest BCUT2D eigenvalue weighted by atomic mass is 10.1. The summed E-state index contributed by atoms with van der Waals surface area (Å²) in [5, 5.41) is 11.7. The number of aliphatic carboxylic acids is 1. The number of aryl methyl sites for hydroxylation is 1. The number of rotatable bonds is 3. The van der Waals surface area contributed by atoms with E-state index in [2.05, 4.69) is 9.68 Å². The highest BCUT2D eigenvalue weighted by molar-refractivity contribution is 5.81. The average molecular weight is 259 g/mol. The Bertz CT molecular complexity index is 589. The zero-order chi connectivity index (χ0) is 13.3. The molecule has 1 aromatic heterocycles. The molecule has 0 fully saturated rings. The van der Waals surface area contributed by atoms with Crippen molar-refractivity contribution < 1.29 is 27.6 Å². The van der Waals surface area contributed by atoms with Crippen LogP contribution in [-0.4, -0.2) is 16.2 Å². The molecule has 0 radical (unpaired) electrons. The van der Waals surface area contributed by atoms with Crippen LogP contribution in [0.1, 0.15) is 17.7 Å². The lowest BCUT2D eigenvalue weighted by molar-refractivity contribution is -0.154. The van der Waals surface area contributed by atoms with Gasteiger partial charge in [-0.05, 0) is 24.1 Å². The maximum Gasteiger partial charge on any atom is 0.453 e. The minimum absolute atomic E-state index is 0.0985. The van der Waals surface area contributed by atoms with Gasteiger partial charge in [0.1, 0.15) is 5.52 Å². The molecule has 0 bridgehead atoms. The highest BCUT2D eigenvalue weighted by Gasteiger charge is 2.38. The molecule has 0 amide bonds. The van der Waals surface area contributed by atoms with Crippen molar-refractivity contribution in [2.24, 2.45) is 0 Å². The number of nitrogens with zero attached hydrogens (tertiary/aromatic N) is 1. The van der Waals surface area contributed by atoms with Gasteiger partial charge in [0.15, 0.2) is 0 Å². The Labute approximate surface area is 99.0 Å². The molecule has 0 aliphatic rings. The topological polar surface area (TPSA) is 63.3 Å². The van der Waals surface area contributed by atoms with E-state index >= 15 is 0 Å². The summed E-state index contributed by atoms with van der Waals surface area (Å²) < 4.78 is 42.0. The molecule has 0 atom stereocenters. The van der Waals surface area contributed by atoms with Crippen molar-refractivity contribution in [3.8, 4) is 0 Å². The maximum absolute atomic E-state index is 12.6. The Morgan fingerprint density at radius 3 is 2.72 bits per heavy atom. The van der Waals surface area contributed by atoms with Gasteiger partial charge in [0.25, 0.3) is 0 Å². The third kappa shape index (κ3) is 2.44. The predicted octanol–water partition coefficient (Wildman–Crippen LogP) is 2.86.